The summed E-state index contributed by atoms with van der Waals surface area (Å²) in [6, 6.07) is 16.8. The molecule has 0 fully saturated rings. The highest BCUT2D eigenvalue weighted by Crippen LogP contribution is 2.39. The fourth-order valence-corrected chi connectivity index (χ4v) is 5.66. The summed E-state index contributed by atoms with van der Waals surface area (Å²) in [5.41, 5.74) is 1.84. The molecule has 0 aliphatic heterocycles. The number of carbonyl (C=O) groups is 2. The molecular weight excluding hydrogens is 569 g/mol. The first-order valence-corrected chi connectivity index (χ1v) is 14.0. The van der Waals surface area contributed by atoms with E-state index in [2.05, 4.69) is 15.3 Å². The van der Waals surface area contributed by atoms with Crippen LogP contribution in [0.15, 0.2) is 67.0 Å². The SMILES string of the molecule is CCOC(=O)C(C(=O)OCC)c1ccc2c(c1)sc1ncnc(Nc3ccc(OCc4cccc(F)c4)c(Cl)c3)c12. The maximum Gasteiger partial charge on any atom is 0.324 e. The van der Waals surface area contributed by atoms with Crippen molar-refractivity contribution in [3.63, 3.8) is 0 Å². The Morgan fingerprint density at radius 1 is 1.00 bits per heavy atom. The van der Waals surface area contributed by atoms with Crippen molar-refractivity contribution in [2.75, 3.05) is 18.5 Å². The number of halogens is 2. The van der Waals surface area contributed by atoms with E-state index in [0.717, 1.165) is 20.3 Å². The van der Waals surface area contributed by atoms with Crippen molar-refractivity contribution in [2.24, 2.45) is 0 Å². The number of nitrogens with one attached hydrogen (secondary N) is 1. The van der Waals surface area contributed by atoms with Crippen LogP contribution in [0.2, 0.25) is 5.02 Å². The zero-order valence-electron chi connectivity index (χ0n) is 22.1. The summed E-state index contributed by atoms with van der Waals surface area (Å²) in [7, 11) is 0. The van der Waals surface area contributed by atoms with Crippen LogP contribution in [0.3, 0.4) is 0 Å². The number of esters is 2. The van der Waals surface area contributed by atoms with E-state index in [4.69, 9.17) is 25.8 Å². The minimum atomic E-state index is -1.18. The maximum atomic E-state index is 13.5. The van der Waals surface area contributed by atoms with Crippen molar-refractivity contribution in [3.8, 4) is 5.75 Å². The van der Waals surface area contributed by atoms with Crippen molar-refractivity contribution in [2.45, 2.75) is 26.4 Å². The second-order valence-corrected chi connectivity index (χ2v) is 10.3. The van der Waals surface area contributed by atoms with Gasteiger partial charge in [0.1, 0.15) is 35.1 Å². The van der Waals surface area contributed by atoms with Gasteiger partial charge in [0.2, 0.25) is 0 Å². The number of ether oxygens (including phenoxy) is 3. The van der Waals surface area contributed by atoms with Crippen LogP contribution in [0.5, 0.6) is 5.75 Å². The van der Waals surface area contributed by atoms with Gasteiger partial charge in [0.05, 0.1) is 23.6 Å². The number of thiophene rings is 1. The highest BCUT2D eigenvalue weighted by Gasteiger charge is 2.32. The van der Waals surface area contributed by atoms with E-state index >= 15 is 0 Å². The van der Waals surface area contributed by atoms with Crippen molar-refractivity contribution in [3.05, 3.63) is 89.0 Å². The lowest BCUT2D eigenvalue weighted by molar-refractivity contribution is -0.156. The number of nitrogens with zero attached hydrogens (tertiary/aromatic N) is 2. The molecule has 0 aliphatic rings. The first-order chi connectivity index (χ1) is 19.9. The minimum absolute atomic E-state index is 0.147. The molecule has 0 atom stereocenters. The van der Waals surface area contributed by atoms with Crippen LogP contribution in [0.1, 0.15) is 30.9 Å². The van der Waals surface area contributed by atoms with Gasteiger partial charge in [-0.25, -0.2) is 14.4 Å². The van der Waals surface area contributed by atoms with E-state index < -0.39 is 17.9 Å². The summed E-state index contributed by atoms with van der Waals surface area (Å²) < 4.78 is 30.3. The number of fused-ring (bicyclic) bond motifs is 3. The standard InChI is InChI=1S/C30H25ClFN3O5S/c1-3-38-29(36)25(30(37)39-4-2)18-8-10-21-24(13-18)41-28-26(21)27(33-16-34-28)35-20-9-11-23(22(31)14-20)40-15-17-6-5-7-19(32)12-17/h5-14,16,25H,3-4,15H2,1-2H3,(H,33,34,35). The van der Waals surface area contributed by atoms with Crippen LogP contribution in [0.25, 0.3) is 20.3 Å². The molecule has 5 rings (SSSR count). The Labute approximate surface area is 244 Å². The molecule has 0 saturated carbocycles. The number of rotatable bonds is 10. The Balaban J connectivity index is 1.42. The van der Waals surface area contributed by atoms with Crippen LogP contribution >= 0.6 is 22.9 Å². The molecule has 5 aromatic rings. The molecule has 3 aromatic carbocycles. The Hall–Kier alpha value is -4.28. The zero-order chi connectivity index (χ0) is 28.9. The Morgan fingerprint density at radius 3 is 2.49 bits per heavy atom. The molecule has 2 heterocycles. The number of hydrogen-bond donors (Lipinski definition) is 1. The lowest BCUT2D eigenvalue weighted by atomic mass is 9.98. The molecule has 0 unspecified atom stereocenters. The van der Waals surface area contributed by atoms with Gasteiger partial charge in [0.25, 0.3) is 0 Å². The third-order valence-corrected chi connectivity index (χ3v) is 7.51. The van der Waals surface area contributed by atoms with Crippen LogP contribution in [-0.2, 0) is 25.7 Å². The summed E-state index contributed by atoms with van der Waals surface area (Å²) in [6.45, 7) is 3.84. The largest absolute Gasteiger partial charge is 0.487 e. The van der Waals surface area contributed by atoms with Gasteiger partial charge in [0.15, 0.2) is 5.92 Å². The first kappa shape index (κ1) is 28.3. The van der Waals surface area contributed by atoms with Gasteiger partial charge in [-0.3, -0.25) is 9.59 Å². The topological polar surface area (TPSA) is 99.6 Å². The van der Waals surface area contributed by atoms with Gasteiger partial charge in [-0.05, 0) is 61.4 Å². The molecule has 2 aromatic heterocycles. The highest BCUT2D eigenvalue weighted by molar-refractivity contribution is 7.25. The van der Waals surface area contributed by atoms with Crippen molar-refractivity contribution < 1.29 is 28.2 Å². The van der Waals surface area contributed by atoms with Gasteiger partial charge >= 0.3 is 11.9 Å². The molecule has 41 heavy (non-hydrogen) atoms. The Kier molecular flexibility index (Phi) is 8.61. The normalized spacial score (nSPS) is 11.1. The van der Waals surface area contributed by atoms with Gasteiger partial charge in [-0.1, -0.05) is 35.9 Å². The van der Waals surface area contributed by atoms with Crippen molar-refractivity contribution in [1.29, 1.82) is 0 Å². The number of benzene rings is 3. The van der Waals surface area contributed by atoms with Gasteiger partial charge < -0.3 is 19.5 Å². The number of aromatic nitrogens is 2. The smallest absolute Gasteiger partial charge is 0.324 e. The molecule has 1 N–H and O–H groups in total. The lowest BCUT2D eigenvalue weighted by Crippen LogP contribution is -2.26. The van der Waals surface area contributed by atoms with Crippen LogP contribution < -0.4 is 10.1 Å². The molecular formula is C30H25ClFN3O5S. The second-order valence-electron chi connectivity index (χ2n) is 8.89. The molecule has 0 spiro atoms. The Bertz CT molecular complexity index is 1730. The predicted molar refractivity (Wildman–Crippen MR) is 156 cm³/mol. The Morgan fingerprint density at radius 2 is 1.78 bits per heavy atom. The molecule has 0 aliphatic carbocycles. The minimum Gasteiger partial charge on any atom is -0.487 e. The van der Waals surface area contributed by atoms with E-state index in [-0.39, 0.29) is 25.6 Å². The molecule has 0 bridgehead atoms. The summed E-state index contributed by atoms with van der Waals surface area (Å²) >= 11 is 7.89. The van der Waals surface area contributed by atoms with Crippen molar-refractivity contribution in [1.82, 2.24) is 9.97 Å². The summed E-state index contributed by atoms with van der Waals surface area (Å²) in [5, 5.41) is 5.31. The predicted octanol–water partition coefficient (Wildman–Crippen LogP) is 7.17. The van der Waals surface area contributed by atoms with Gasteiger partial charge in [-0.15, -0.1) is 11.3 Å². The third kappa shape index (κ3) is 6.23. The van der Waals surface area contributed by atoms with Crippen LogP contribution in [0.4, 0.5) is 15.9 Å². The fraction of sp³-hybridized carbons (Fsp3) is 0.200. The molecule has 210 valence electrons. The van der Waals surface area contributed by atoms with E-state index in [1.165, 1.54) is 29.8 Å². The summed E-state index contributed by atoms with van der Waals surface area (Å²) in [5.74, 6) is -1.81. The first-order valence-electron chi connectivity index (χ1n) is 12.8. The van der Waals surface area contributed by atoms with Gasteiger partial charge in [-0.2, -0.15) is 0 Å². The highest BCUT2D eigenvalue weighted by atomic mass is 35.5. The quantitative estimate of drug-likeness (QED) is 0.134. The third-order valence-electron chi connectivity index (χ3n) is 6.15. The second kappa shape index (κ2) is 12.5. The van der Waals surface area contributed by atoms with E-state index in [1.807, 2.05) is 6.07 Å². The van der Waals surface area contributed by atoms with Crippen LogP contribution in [-0.4, -0.2) is 35.1 Å². The average molecular weight is 594 g/mol. The van der Waals surface area contributed by atoms with E-state index in [1.54, 1.807) is 56.3 Å². The monoisotopic (exact) mass is 593 g/mol. The fourth-order valence-electron chi connectivity index (χ4n) is 4.34. The molecule has 0 saturated heterocycles. The number of hydrogen-bond acceptors (Lipinski definition) is 9. The summed E-state index contributed by atoms with van der Waals surface area (Å²) in [6.07, 6.45) is 1.46. The van der Waals surface area contributed by atoms with E-state index in [0.29, 0.717) is 33.4 Å². The van der Waals surface area contributed by atoms with Crippen molar-refractivity contribution >= 4 is 66.7 Å². The number of anilines is 2. The molecule has 11 heteroatoms. The molecule has 0 amide bonds. The summed E-state index contributed by atoms with van der Waals surface area (Å²) in [4.78, 5) is 34.8. The van der Waals surface area contributed by atoms with Crippen LogP contribution in [0, 0.1) is 5.82 Å². The molecule has 8 nitrogen and oxygen atoms in total. The van der Waals surface area contributed by atoms with Gasteiger partial charge in [0, 0.05) is 15.8 Å². The van der Waals surface area contributed by atoms with E-state index in [9.17, 15) is 14.0 Å². The number of carbonyl (C=O) groups excluding carboxylic acids is 2. The average Bonchev–Trinajstić information content (AvgIpc) is 3.32. The zero-order valence-corrected chi connectivity index (χ0v) is 23.7. The lowest BCUT2D eigenvalue weighted by Gasteiger charge is -2.15. The maximum absolute atomic E-state index is 13.5. The molecule has 0 radical (unpaired) electrons.